The van der Waals surface area contributed by atoms with Crippen LogP contribution in [0.4, 0.5) is 0 Å². The van der Waals surface area contributed by atoms with Crippen LogP contribution < -0.4 is 4.74 Å². The van der Waals surface area contributed by atoms with E-state index in [0.717, 1.165) is 48.2 Å². The second-order valence-corrected chi connectivity index (χ2v) is 8.97. The fourth-order valence-corrected chi connectivity index (χ4v) is 5.34. The van der Waals surface area contributed by atoms with Crippen LogP contribution in [0, 0.1) is 0 Å². The molecule has 0 aromatic heterocycles. The van der Waals surface area contributed by atoms with Gasteiger partial charge in [0.15, 0.2) is 0 Å². The highest BCUT2D eigenvalue weighted by atomic mass is 16.5. The molecule has 0 unspecified atom stereocenters. The smallest absolute Gasteiger partial charge is 0.222 e. The second-order valence-electron chi connectivity index (χ2n) is 8.97. The Labute approximate surface area is 194 Å². The molecule has 2 aliphatic rings. The summed E-state index contributed by atoms with van der Waals surface area (Å²) in [4.78, 5) is 13.6. The molecule has 5 heteroatoms. The van der Waals surface area contributed by atoms with Crippen LogP contribution in [0.25, 0.3) is 0 Å². The molecule has 1 fully saturated rings. The lowest BCUT2D eigenvalue weighted by atomic mass is 9.69. The third-order valence-corrected chi connectivity index (χ3v) is 6.97. The summed E-state index contributed by atoms with van der Waals surface area (Å²) >= 11 is 0. The molecule has 0 radical (unpaired) electrons. The highest BCUT2D eigenvalue weighted by molar-refractivity contribution is 5.78. The Bertz CT molecular complexity index is 1140. The summed E-state index contributed by atoms with van der Waals surface area (Å²) in [6.45, 7) is 1.93. The highest BCUT2D eigenvalue weighted by Crippen LogP contribution is 2.48. The van der Waals surface area contributed by atoms with Crippen LogP contribution in [0.3, 0.4) is 0 Å². The molecule has 170 valence electrons. The molecule has 5 nitrogen and oxygen atoms in total. The minimum Gasteiger partial charge on any atom is -0.508 e. The lowest BCUT2D eigenvalue weighted by molar-refractivity contribution is -0.128. The molecule has 3 aromatic carbocycles. The number of phenolic OH excluding ortho intramolecular Hbond substituents is 2. The molecule has 1 aliphatic carbocycles. The quantitative estimate of drug-likeness (QED) is 0.565. The Kier molecular flexibility index (Phi) is 5.95. The molecular weight excluding hydrogens is 414 g/mol. The van der Waals surface area contributed by atoms with Gasteiger partial charge in [0.1, 0.15) is 23.9 Å². The maximum absolute atomic E-state index is 11.8. The van der Waals surface area contributed by atoms with Crippen LogP contribution in [0.5, 0.6) is 17.2 Å². The number of amides is 1. The lowest BCUT2D eigenvalue weighted by Crippen LogP contribution is -2.29. The molecule has 33 heavy (non-hydrogen) atoms. The molecule has 1 amide bonds. The van der Waals surface area contributed by atoms with Gasteiger partial charge in [-0.2, -0.15) is 0 Å². The molecule has 0 saturated carbocycles. The minimum atomic E-state index is 0.0684. The van der Waals surface area contributed by atoms with Gasteiger partial charge in [0.05, 0.1) is 6.54 Å². The number of para-hydroxylation sites is 1. The predicted molar refractivity (Wildman–Crippen MR) is 127 cm³/mol. The number of ether oxygens (including phenoxy) is 1. The van der Waals surface area contributed by atoms with Crippen molar-refractivity contribution in [3.63, 3.8) is 0 Å². The summed E-state index contributed by atoms with van der Waals surface area (Å²) in [5, 5.41) is 20.6. The second kappa shape index (κ2) is 9.18. The summed E-state index contributed by atoms with van der Waals surface area (Å²) in [6, 6.07) is 21.4. The van der Waals surface area contributed by atoms with Crippen LogP contribution >= 0.6 is 0 Å². The van der Waals surface area contributed by atoms with Gasteiger partial charge < -0.3 is 19.8 Å². The Morgan fingerprint density at radius 1 is 0.939 bits per heavy atom. The van der Waals surface area contributed by atoms with Gasteiger partial charge in [0.2, 0.25) is 5.91 Å². The van der Waals surface area contributed by atoms with E-state index in [1.54, 1.807) is 12.1 Å². The molecule has 1 saturated heterocycles. The zero-order valence-electron chi connectivity index (χ0n) is 18.6. The van der Waals surface area contributed by atoms with E-state index in [9.17, 15) is 15.0 Å². The van der Waals surface area contributed by atoms with Crippen LogP contribution in [-0.2, 0) is 11.2 Å². The fraction of sp³-hybridized carbons (Fsp3) is 0.321. The van der Waals surface area contributed by atoms with Crippen molar-refractivity contribution in [1.29, 1.82) is 0 Å². The molecule has 1 aliphatic heterocycles. The van der Waals surface area contributed by atoms with E-state index in [4.69, 9.17) is 4.74 Å². The topological polar surface area (TPSA) is 70.0 Å². The number of likely N-dealkylation sites (tertiary alicyclic amines) is 1. The summed E-state index contributed by atoms with van der Waals surface area (Å²) < 4.78 is 5.91. The number of rotatable bonds is 6. The van der Waals surface area contributed by atoms with Crippen molar-refractivity contribution < 1.29 is 19.7 Å². The zero-order chi connectivity index (χ0) is 22.8. The van der Waals surface area contributed by atoms with Crippen molar-refractivity contribution in [2.75, 3.05) is 19.7 Å². The van der Waals surface area contributed by atoms with Gasteiger partial charge in [0, 0.05) is 18.9 Å². The predicted octanol–water partition coefficient (Wildman–Crippen LogP) is 4.96. The van der Waals surface area contributed by atoms with Crippen molar-refractivity contribution >= 4 is 5.91 Å². The van der Waals surface area contributed by atoms with Crippen molar-refractivity contribution in [3.05, 3.63) is 89.0 Å². The Hall–Kier alpha value is -3.47. The number of phenols is 2. The minimum absolute atomic E-state index is 0.0684. The number of fused-ring (bicyclic) bond motifs is 1. The Morgan fingerprint density at radius 2 is 1.76 bits per heavy atom. The van der Waals surface area contributed by atoms with Crippen molar-refractivity contribution in [1.82, 2.24) is 4.90 Å². The number of aromatic hydroxyl groups is 2. The van der Waals surface area contributed by atoms with Crippen molar-refractivity contribution in [2.24, 2.45) is 0 Å². The third-order valence-electron chi connectivity index (χ3n) is 6.97. The SMILES string of the molecule is O=C1CCCN1CCOc1ccc([C@@H]2c3ccc(O)cc3CC[C@@H]2c2ccccc2O)cc1. The van der Waals surface area contributed by atoms with E-state index in [1.807, 2.05) is 47.4 Å². The molecule has 3 aromatic rings. The first-order valence-electron chi connectivity index (χ1n) is 11.7. The molecule has 0 spiro atoms. The maximum Gasteiger partial charge on any atom is 0.222 e. The fourth-order valence-electron chi connectivity index (χ4n) is 5.34. The van der Waals surface area contributed by atoms with Gasteiger partial charge in [-0.05, 0) is 77.8 Å². The first-order valence-corrected chi connectivity index (χ1v) is 11.7. The molecule has 0 bridgehead atoms. The number of hydrogen-bond acceptors (Lipinski definition) is 4. The number of benzene rings is 3. The van der Waals surface area contributed by atoms with Crippen LogP contribution in [0.1, 0.15) is 53.4 Å². The number of aryl methyl sites for hydroxylation is 1. The van der Waals surface area contributed by atoms with Crippen LogP contribution in [-0.4, -0.2) is 40.7 Å². The molecule has 2 N–H and O–H groups in total. The van der Waals surface area contributed by atoms with Gasteiger partial charge in [-0.3, -0.25) is 4.79 Å². The molecular formula is C28H29NO4. The number of carbonyl (C=O) groups is 1. The first kappa shape index (κ1) is 21.4. The van der Waals surface area contributed by atoms with E-state index in [2.05, 4.69) is 12.1 Å². The highest BCUT2D eigenvalue weighted by Gasteiger charge is 2.33. The van der Waals surface area contributed by atoms with Gasteiger partial charge in [-0.1, -0.05) is 36.4 Å². The average molecular weight is 444 g/mol. The van der Waals surface area contributed by atoms with Crippen molar-refractivity contribution in [3.8, 4) is 17.2 Å². The van der Waals surface area contributed by atoms with Gasteiger partial charge in [-0.25, -0.2) is 0 Å². The van der Waals surface area contributed by atoms with Crippen molar-refractivity contribution in [2.45, 2.75) is 37.5 Å². The van der Waals surface area contributed by atoms with Crippen LogP contribution in [0.2, 0.25) is 0 Å². The zero-order valence-corrected chi connectivity index (χ0v) is 18.6. The van der Waals surface area contributed by atoms with E-state index >= 15 is 0 Å². The summed E-state index contributed by atoms with van der Waals surface area (Å²) in [5.41, 5.74) is 4.45. The van der Waals surface area contributed by atoms with Crippen LogP contribution in [0.15, 0.2) is 66.7 Å². The van der Waals surface area contributed by atoms with Gasteiger partial charge in [-0.15, -0.1) is 0 Å². The largest absolute Gasteiger partial charge is 0.508 e. The molecule has 2 atom stereocenters. The molecule has 5 rings (SSSR count). The number of carbonyl (C=O) groups excluding carboxylic acids is 1. The summed E-state index contributed by atoms with van der Waals surface area (Å²) in [7, 11) is 0. The van der Waals surface area contributed by atoms with E-state index in [-0.39, 0.29) is 23.5 Å². The van der Waals surface area contributed by atoms with E-state index < -0.39 is 0 Å². The number of hydrogen-bond donors (Lipinski definition) is 2. The normalized spacial score (nSPS) is 20.0. The summed E-state index contributed by atoms with van der Waals surface area (Å²) in [5.74, 6) is 1.81. The van der Waals surface area contributed by atoms with E-state index in [1.165, 1.54) is 5.56 Å². The summed E-state index contributed by atoms with van der Waals surface area (Å²) in [6.07, 6.45) is 3.33. The average Bonchev–Trinajstić information content (AvgIpc) is 3.24. The standard InChI is InChI=1S/C28H29NO4/c30-21-10-14-23-20(18-21)9-13-25(24-4-1-2-5-26(24)31)28(23)19-7-11-22(12-8-19)33-17-16-29-15-3-6-27(29)32/h1-2,4-5,7-8,10-12,14,18,25,28,30-31H,3,6,9,13,15-17H2/t25-,28-/m1/s1. The maximum atomic E-state index is 11.8. The molecule has 1 heterocycles. The number of nitrogens with zero attached hydrogens (tertiary/aromatic N) is 1. The van der Waals surface area contributed by atoms with Gasteiger partial charge >= 0.3 is 0 Å². The first-order chi connectivity index (χ1) is 16.1. The Morgan fingerprint density at radius 3 is 2.52 bits per heavy atom. The lowest BCUT2D eigenvalue weighted by Gasteiger charge is -2.35. The third kappa shape index (κ3) is 4.40. The Balaban J connectivity index is 1.39. The van der Waals surface area contributed by atoms with E-state index in [0.29, 0.717) is 25.3 Å². The van der Waals surface area contributed by atoms with Gasteiger partial charge in [0.25, 0.3) is 0 Å². The monoisotopic (exact) mass is 443 g/mol.